The molecule has 162 valence electrons. The number of hydrogen-bond acceptors (Lipinski definition) is 5. The Hall–Kier alpha value is -2.73. The molecule has 2 aromatic carbocycles. The number of aliphatic hydroxyl groups is 1. The average Bonchev–Trinajstić information content (AvgIpc) is 2.80. The van der Waals surface area contributed by atoms with E-state index in [1.807, 2.05) is 48.5 Å². The van der Waals surface area contributed by atoms with Gasteiger partial charge in [0.05, 0.1) is 11.8 Å². The van der Waals surface area contributed by atoms with Crippen LogP contribution in [0.5, 0.6) is 0 Å². The van der Waals surface area contributed by atoms with Crippen LogP contribution in [-0.4, -0.2) is 59.2 Å². The molecule has 1 fully saturated rings. The molecule has 0 aliphatic carbocycles. The quantitative estimate of drug-likeness (QED) is 0.617. The van der Waals surface area contributed by atoms with Gasteiger partial charge in [-0.05, 0) is 48.2 Å². The van der Waals surface area contributed by atoms with Crippen molar-refractivity contribution in [2.75, 3.05) is 45.0 Å². The first-order valence-corrected chi connectivity index (χ1v) is 11.1. The summed E-state index contributed by atoms with van der Waals surface area (Å²) in [4.78, 5) is 9.32. The van der Waals surface area contributed by atoms with Gasteiger partial charge in [-0.15, -0.1) is 0 Å². The minimum Gasteiger partial charge on any atom is -0.387 e. The second kappa shape index (κ2) is 10.1. The number of aliphatic hydroxyl groups excluding tert-OH is 1. The minimum atomic E-state index is -0.414. The molecular formula is C26H32N4O. The van der Waals surface area contributed by atoms with Crippen molar-refractivity contribution in [1.29, 1.82) is 0 Å². The first-order valence-electron chi connectivity index (χ1n) is 11.1. The standard InChI is InChI=1S/C26H32N4O/c1-20-18-23(24-8-5-9-26(27)28-24)11-10-21(20)12-13-29-14-16-30(17-15-29)19-25(31)22-6-3-2-4-7-22/h2-11,18,25,31H,12-17,19H2,1H3,(H2,27,28). The lowest BCUT2D eigenvalue weighted by Crippen LogP contribution is -2.47. The first-order chi connectivity index (χ1) is 15.1. The smallest absolute Gasteiger partial charge is 0.124 e. The van der Waals surface area contributed by atoms with Gasteiger partial charge in [-0.2, -0.15) is 0 Å². The molecule has 5 heteroatoms. The summed E-state index contributed by atoms with van der Waals surface area (Å²) in [6.07, 6.45) is 0.631. The average molecular weight is 417 g/mol. The van der Waals surface area contributed by atoms with E-state index in [-0.39, 0.29) is 0 Å². The van der Waals surface area contributed by atoms with Crippen LogP contribution in [0.25, 0.3) is 11.3 Å². The van der Waals surface area contributed by atoms with E-state index in [2.05, 4.69) is 39.9 Å². The summed E-state index contributed by atoms with van der Waals surface area (Å²) in [5.41, 5.74) is 11.5. The Morgan fingerprint density at radius 3 is 2.39 bits per heavy atom. The molecule has 5 nitrogen and oxygen atoms in total. The minimum absolute atomic E-state index is 0.414. The summed E-state index contributed by atoms with van der Waals surface area (Å²) in [5, 5.41) is 10.5. The summed E-state index contributed by atoms with van der Waals surface area (Å²) in [6, 6.07) is 22.3. The number of hydrogen-bond donors (Lipinski definition) is 2. The first kappa shape index (κ1) is 21.5. The Kier molecular flexibility index (Phi) is 6.97. The highest BCUT2D eigenvalue weighted by Crippen LogP contribution is 2.22. The number of anilines is 1. The Bertz CT molecular complexity index is 984. The number of β-amino-alcohol motifs (C(OH)–C–C–N with tert-alkyl or cyclic N) is 1. The molecule has 0 saturated carbocycles. The van der Waals surface area contributed by atoms with E-state index in [0.717, 1.165) is 56.0 Å². The molecule has 1 aliphatic rings. The molecule has 3 N–H and O–H groups in total. The van der Waals surface area contributed by atoms with Crippen molar-refractivity contribution >= 4 is 5.82 Å². The fourth-order valence-corrected chi connectivity index (χ4v) is 4.25. The zero-order valence-electron chi connectivity index (χ0n) is 18.2. The number of rotatable bonds is 7. The maximum absolute atomic E-state index is 10.5. The summed E-state index contributed by atoms with van der Waals surface area (Å²) in [6.45, 7) is 8.04. The van der Waals surface area contributed by atoms with Crippen LogP contribution in [0.15, 0.2) is 66.7 Å². The van der Waals surface area contributed by atoms with E-state index < -0.39 is 6.10 Å². The van der Waals surface area contributed by atoms with Crippen LogP contribution in [0.4, 0.5) is 5.82 Å². The summed E-state index contributed by atoms with van der Waals surface area (Å²) in [7, 11) is 0. The van der Waals surface area contributed by atoms with Gasteiger partial charge >= 0.3 is 0 Å². The van der Waals surface area contributed by atoms with Gasteiger partial charge in [0.25, 0.3) is 0 Å². The van der Waals surface area contributed by atoms with Crippen LogP contribution in [0.1, 0.15) is 22.8 Å². The number of piperazine rings is 1. The molecule has 1 atom stereocenters. The van der Waals surface area contributed by atoms with Crippen LogP contribution in [0, 0.1) is 6.92 Å². The Morgan fingerprint density at radius 2 is 1.68 bits per heavy atom. The van der Waals surface area contributed by atoms with Crippen LogP contribution in [0.2, 0.25) is 0 Å². The van der Waals surface area contributed by atoms with Gasteiger partial charge in [0.2, 0.25) is 0 Å². The van der Waals surface area contributed by atoms with E-state index >= 15 is 0 Å². The van der Waals surface area contributed by atoms with Crippen LogP contribution >= 0.6 is 0 Å². The number of aromatic nitrogens is 1. The number of nitrogens with zero attached hydrogens (tertiary/aromatic N) is 3. The van der Waals surface area contributed by atoms with E-state index in [1.165, 1.54) is 11.1 Å². The second-order valence-corrected chi connectivity index (χ2v) is 8.41. The molecule has 4 rings (SSSR count). The molecule has 2 heterocycles. The van der Waals surface area contributed by atoms with Gasteiger partial charge in [-0.1, -0.05) is 48.5 Å². The largest absolute Gasteiger partial charge is 0.387 e. The van der Waals surface area contributed by atoms with Gasteiger partial charge in [-0.3, -0.25) is 4.90 Å². The highest BCUT2D eigenvalue weighted by Gasteiger charge is 2.20. The van der Waals surface area contributed by atoms with Crippen molar-refractivity contribution in [3.8, 4) is 11.3 Å². The molecule has 0 radical (unpaired) electrons. The van der Waals surface area contributed by atoms with Crippen molar-refractivity contribution in [1.82, 2.24) is 14.8 Å². The monoisotopic (exact) mass is 416 g/mol. The molecular weight excluding hydrogens is 384 g/mol. The Labute approximate surface area is 185 Å². The summed E-state index contributed by atoms with van der Waals surface area (Å²) >= 11 is 0. The SMILES string of the molecule is Cc1cc(-c2cccc(N)n2)ccc1CCN1CCN(CC(O)c2ccccc2)CC1. The van der Waals surface area contributed by atoms with Crippen molar-refractivity contribution in [3.63, 3.8) is 0 Å². The van der Waals surface area contributed by atoms with E-state index in [4.69, 9.17) is 5.73 Å². The number of benzene rings is 2. The molecule has 1 unspecified atom stereocenters. The number of nitrogen functional groups attached to an aromatic ring is 1. The summed E-state index contributed by atoms with van der Waals surface area (Å²) in [5.74, 6) is 0.551. The third-order valence-corrected chi connectivity index (χ3v) is 6.19. The van der Waals surface area contributed by atoms with Crippen molar-refractivity contribution in [3.05, 3.63) is 83.4 Å². The fourth-order valence-electron chi connectivity index (χ4n) is 4.25. The molecule has 31 heavy (non-hydrogen) atoms. The maximum Gasteiger partial charge on any atom is 0.124 e. The van der Waals surface area contributed by atoms with Gasteiger partial charge in [0.1, 0.15) is 5.82 Å². The summed E-state index contributed by atoms with van der Waals surface area (Å²) < 4.78 is 0. The molecule has 0 bridgehead atoms. The fraction of sp³-hybridized carbons (Fsp3) is 0.346. The molecule has 3 aromatic rings. The van der Waals surface area contributed by atoms with Gasteiger partial charge in [0, 0.05) is 44.8 Å². The highest BCUT2D eigenvalue weighted by molar-refractivity contribution is 5.62. The molecule has 1 aromatic heterocycles. The van der Waals surface area contributed by atoms with Gasteiger partial charge in [0.15, 0.2) is 0 Å². The zero-order valence-corrected chi connectivity index (χ0v) is 18.2. The predicted molar refractivity (Wildman–Crippen MR) is 127 cm³/mol. The van der Waals surface area contributed by atoms with Gasteiger partial charge in [-0.25, -0.2) is 4.98 Å². The molecule has 1 saturated heterocycles. The number of nitrogens with two attached hydrogens (primary N) is 1. The lowest BCUT2D eigenvalue weighted by atomic mass is 10.0. The van der Waals surface area contributed by atoms with Crippen molar-refractivity contribution < 1.29 is 5.11 Å². The predicted octanol–water partition coefficient (Wildman–Crippen LogP) is 3.53. The zero-order chi connectivity index (χ0) is 21.6. The normalized spacial score (nSPS) is 16.3. The van der Waals surface area contributed by atoms with E-state index in [9.17, 15) is 5.11 Å². The van der Waals surface area contributed by atoms with Crippen LogP contribution < -0.4 is 5.73 Å². The number of aryl methyl sites for hydroxylation is 1. The molecule has 0 amide bonds. The number of pyridine rings is 1. The second-order valence-electron chi connectivity index (χ2n) is 8.41. The van der Waals surface area contributed by atoms with E-state index in [0.29, 0.717) is 12.4 Å². The molecule has 0 spiro atoms. The van der Waals surface area contributed by atoms with Crippen molar-refractivity contribution in [2.45, 2.75) is 19.4 Å². The molecule has 1 aliphatic heterocycles. The van der Waals surface area contributed by atoms with Crippen LogP contribution in [0.3, 0.4) is 0 Å². The Balaban J connectivity index is 1.26. The lowest BCUT2D eigenvalue weighted by Gasteiger charge is -2.35. The third kappa shape index (κ3) is 5.70. The highest BCUT2D eigenvalue weighted by atomic mass is 16.3. The van der Waals surface area contributed by atoms with E-state index in [1.54, 1.807) is 0 Å². The maximum atomic E-state index is 10.5. The van der Waals surface area contributed by atoms with Crippen molar-refractivity contribution in [2.24, 2.45) is 0 Å². The third-order valence-electron chi connectivity index (χ3n) is 6.19. The van der Waals surface area contributed by atoms with Gasteiger partial charge < -0.3 is 15.7 Å². The Morgan fingerprint density at radius 1 is 0.935 bits per heavy atom. The van der Waals surface area contributed by atoms with Crippen LogP contribution in [-0.2, 0) is 6.42 Å². The lowest BCUT2D eigenvalue weighted by molar-refractivity contribution is 0.0729. The topological polar surface area (TPSA) is 65.6 Å².